The van der Waals surface area contributed by atoms with Crippen LogP contribution in [0.4, 0.5) is 8.78 Å². The minimum absolute atomic E-state index is 0. The van der Waals surface area contributed by atoms with Crippen LogP contribution in [0, 0.1) is 6.92 Å². The lowest BCUT2D eigenvalue weighted by Crippen LogP contribution is -2.41. The summed E-state index contributed by atoms with van der Waals surface area (Å²) in [6.45, 7) is 3.23. The zero-order chi connectivity index (χ0) is 13.3. The van der Waals surface area contributed by atoms with Gasteiger partial charge in [-0.3, -0.25) is 10.1 Å². The highest BCUT2D eigenvalue weighted by Crippen LogP contribution is 2.25. The predicted octanol–water partition coefficient (Wildman–Crippen LogP) is 2.47. The van der Waals surface area contributed by atoms with Gasteiger partial charge in [0.1, 0.15) is 0 Å². The maximum atomic E-state index is 13.0. The van der Waals surface area contributed by atoms with Gasteiger partial charge in [-0.15, -0.1) is 36.2 Å². The molecule has 1 saturated heterocycles. The number of carbonyl (C=O) groups is 1. The van der Waals surface area contributed by atoms with E-state index in [2.05, 4.69) is 15.6 Å². The van der Waals surface area contributed by atoms with E-state index in [0.717, 1.165) is 10.7 Å². The standard InChI is InChI=1S/C11H15F2N3OS.2ClH/c1-6(9-4-18-7(2)16-9)15-10(17)8-3-11(12,13)5-14-8;;/h4,6,8,14H,3,5H2,1-2H3,(H,15,17);2*1H. The first kappa shape index (κ1) is 19.5. The maximum absolute atomic E-state index is 13.0. The molecule has 2 unspecified atom stereocenters. The molecule has 0 radical (unpaired) electrons. The van der Waals surface area contributed by atoms with E-state index in [9.17, 15) is 13.6 Å². The molecule has 0 saturated carbocycles. The van der Waals surface area contributed by atoms with E-state index < -0.39 is 30.8 Å². The molecule has 2 rings (SSSR count). The van der Waals surface area contributed by atoms with Crippen LogP contribution in [0.3, 0.4) is 0 Å². The number of halogens is 4. The van der Waals surface area contributed by atoms with Crippen LogP contribution in [0.2, 0.25) is 0 Å². The summed E-state index contributed by atoms with van der Waals surface area (Å²) in [6.07, 6.45) is -0.443. The van der Waals surface area contributed by atoms with Gasteiger partial charge in [-0.25, -0.2) is 13.8 Å². The number of nitrogens with one attached hydrogen (secondary N) is 2. The zero-order valence-electron chi connectivity index (χ0n) is 11.0. The van der Waals surface area contributed by atoms with E-state index in [1.54, 1.807) is 6.92 Å². The molecule has 1 aromatic rings. The largest absolute Gasteiger partial charge is 0.347 e. The number of hydrogen-bond donors (Lipinski definition) is 2. The van der Waals surface area contributed by atoms with E-state index in [1.807, 2.05) is 12.3 Å². The Morgan fingerprint density at radius 2 is 2.25 bits per heavy atom. The normalized spacial score (nSPS) is 21.5. The molecular weight excluding hydrogens is 331 g/mol. The predicted molar refractivity (Wildman–Crippen MR) is 79.3 cm³/mol. The van der Waals surface area contributed by atoms with E-state index in [4.69, 9.17) is 0 Å². The van der Waals surface area contributed by atoms with E-state index in [0.29, 0.717) is 0 Å². The summed E-state index contributed by atoms with van der Waals surface area (Å²) < 4.78 is 25.9. The Morgan fingerprint density at radius 3 is 2.70 bits per heavy atom. The van der Waals surface area contributed by atoms with Crippen molar-refractivity contribution in [2.45, 2.75) is 38.3 Å². The van der Waals surface area contributed by atoms with Gasteiger partial charge in [0, 0.05) is 11.8 Å². The van der Waals surface area contributed by atoms with E-state index >= 15 is 0 Å². The second-order valence-corrected chi connectivity index (χ2v) is 5.58. The fourth-order valence-electron chi connectivity index (χ4n) is 1.87. The molecule has 1 amide bonds. The molecule has 0 bridgehead atoms. The molecule has 0 aromatic carbocycles. The monoisotopic (exact) mass is 347 g/mol. The number of rotatable bonds is 3. The summed E-state index contributed by atoms with van der Waals surface area (Å²) in [5.74, 6) is -3.19. The quantitative estimate of drug-likeness (QED) is 0.882. The van der Waals surface area contributed by atoms with Crippen LogP contribution in [-0.4, -0.2) is 29.4 Å². The summed E-state index contributed by atoms with van der Waals surface area (Å²) >= 11 is 1.49. The molecule has 0 spiro atoms. The molecule has 9 heteroatoms. The summed E-state index contributed by atoms with van der Waals surface area (Å²) in [5.41, 5.74) is 0.760. The third-order valence-electron chi connectivity index (χ3n) is 2.87. The van der Waals surface area contributed by atoms with Crippen molar-refractivity contribution in [3.63, 3.8) is 0 Å². The Balaban J connectivity index is 0.00000180. The number of aromatic nitrogens is 1. The van der Waals surface area contributed by atoms with Crippen molar-refractivity contribution in [1.29, 1.82) is 0 Å². The Kier molecular flexibility index (Phi) is 7.30. The molecule has 1 aliphatic heterocycles. The topological polar surface area (TPSA) is 54.0 Å². The number of carbonyl (C=O) groups excluding carboxylic acids is 1. The first-order valence-electron chi connectivity index (χ1n) is 5.71. The number of alkyl halides is 2. The highest BCUT2D eigenvalue weighted by molar-refractivity contribution is 7.09. The summed E-state index contributed by atoms with van der Waals surface area (Å²) in [7, 11) is 0. The average Bonchev–Trinajstić information content (AvgIpc) is 2.84. The van der Waals surface area contributed by atoms with Crippen molar-refractivity contribution in [2.24, 2.45) is 0 Å². The van der Waals surface area contributed by atoms with Crippen molar-refractivity contribution in [3.8, 4) is 0 Å². The number of amides is 1. The summed E-state index contributed by atoms with van der Waals surface area (Å²) in [5, 5.41) is 8.00. The fraction of sp³-hybridized carbons (Fsp3) is 0.636. The first-order valence-corrected chi connectivity index (χ1v) is 6.59. The van der Waals surface area contributed by atoms with Gasteiger partial charge in [0.05, 0.1) is 29.3 Å². The van der Waals surface area contributed by atoms with Gasteiger partial charge in [0.2, 0.25) is 5.91 Å². The Labute approximate surface area is 132 Å². The highest BCUT2D eigenvalue weighted by atomic mass is 35.5. The van der Waals surface area contributed by atoms with Crippen LogP contribution < -0.4 is 10.6 Å². The third-order valence-corrected chi connectivity index (χ3v) is 3.66. The van der Waals surface area contributed by atoms with Crippen LogP contribution in [0.5, 0.6) is 0 Å². The molecular formula is C11H17Cl2F2N3OS. The Morgan fingerprint density at radius 1 is 1.60 bits per heavy atom. The van der Waals surface area contributed by atoms with Crippen LogP contribution in [0.1, 0.15) is 30.1 Å². The average molecular weight is 348 g/mol. The van der Waals surface area contributed by atoms with E-state index in [-0.39, 0.29) is 30.9 Å². The molecule has 4 nitrogen and oxygen atoms in total. The summed E-state index contributed by atoms with van der Waals surface area (Å²) in [6, 6.07) is -1.08. The SMILES string of the molecule is Cc1nc(C(C)NC(=O)C2CC(F)(F)CN2)cs1.Cl.Cl. The number of thiazole rings is 1. The van der Waals surface area contributed by atoms with Crippen LogP contribution >= 0.6 is 36.2 Å². The zero-order valence-corrected chi connectivity index (χ0v) is 13.4. The summed E-state index contributed by atoms with van der Waals surface area (Å²) in [4.78, 5) is 16.0. The van der Waals surface area contributed by atoms with Crippen LogP contribution in [-0.2, 0) is 4.79 Å². The van der Waals surface area contributed by atoms with E-state index in [1.165, 1.54) is 11.3 Å². The first-order chi connectivity index (χ1) is 8.37. The van der Waals surface area contributed by atoms with Crippen molar-refractivity contribution in [1.82, 2.24) is 15.6 Å². The van der Waals surface area contributed by atoms with Crippen LogP contribution in [0.15, 0.2) is 5.38 Å². The lowest BCUT2D eigenvalue weighted by atomic mass is 10.1. The van der Waals surface area contributed by atoms with Gasteiger partial charge in [-0.2, -0.15) is 0 Å². The Bertz CT molecular complexity index is 459. The van der Waals surface area contributed by atoms with Crippen LogP contribution in [0.25, 0.3) is 0 Å². The fourth-order valence-corrected chi connectivity index (χ4v) is 2.57. The molecule has 1 aromatic heterocycles. The molecule has 1 aliphatic rings. The molecule has 116 valence electrons. The van der Waals surface area contributed by atoms with Gasteiger partial charge in [-0.05, 0) is 13.8 Å². The van der Waals surface area contributed by atoms with Crippen molar-refractivity contribution >= 4 is 42.1 Å². The minimum atomic E-state index is -2.79. The van der Waals surface area contributed by atoms with Gasteiger partial charge >= 0.3 is 0 Å². The second-order valence-electron chi connectivity index (χ2n) is 4.52. The number of nitrogens with zero attached hydrogens (tertiary/aromatic N) is 1. The lowest BCUT2D eigenvalue weighted by molar-refractivity contribution is -0.124. The number of aryl methyl sites for hydroxylation is 1. The Hall–Kier alpha value is -0.500. The van der Waals surface area contributed by atoms with Crippen molar-refractivity contribution in [3.05, 3.63) is 16.1 Å². The van der Waals surface area contributed by atoms with Gasteiger partial charge in [0.25, 0.3) is 5.92 Å². The van der Waals surface area contributed by atoms with Crippen molar-refractivity contribution < 1.29 is 13.6 Å². The highest BCUT2D eigenvalue weighted by Gasteiger charge is 2.42. The van der Waals surface area contributed by atoms with Gasteiger partial charge < -0.3 is 5.32 Å². The molecule has 0 aliphatic carbocycles. The molecule has 1 fully saturated rings. The van der Waals surface area contributed by atoms with Gasteiger partial charge in [0.15, 0.2) is 0 Å². The number of hydrogen-bond acceptors (Lipinski definition) is 4. The second kappa shape index (κ2) is 7.49. The minimum Gasteiger partial charge on any atom is -0.347 e. The third kappa shape index (κ3) is 4.80. The smallest absolute Gasteiger partial charge is 0.262 e. The van der Waals surface area contributed by atoms with Gasteiger partial charge in [-0.1, -0.05) is 0 Å². The maximum Gasteiger partial charge on any atom is 0.262 e. The molecule has 2 heterocycles. The lowest BCUT2D eigenvalue weighted by Gasteiger charge is -2.15. The van der Waals surface area contributed by atoms with Crippen molar-refractivity contribution in [2.75, 3.05) is 6.54 Å². The molecule has 20 heavy (non-hydrogen) atoms. The molecule has 2 atom stereocenters. The molecule has 2 N–H and O–H groups in total.